The van der Waals surface area contributed by atoms with E-state index in [4.69, 9.17) is 4.74 Å². The zero-order valence-corrected chi connectivity index (χ0v) is 15.5. The fourth-order valence-electron chi connectivity index (χ4n) is 2.98. The summed E-state index contributed by atoms with van der Waals surface area (Å²) in [4.78, 5) is 25.0. The lowest BCUT2D eigenvalue weighted by Gasteiger charge is -2.07. The zero-order chi connectivity index (χ0) is 20.4. The molecule has 0 aliphatic carbocycles. The maximum Gasteiger partial charge on any atom is 0.277 e. The van der Waals surface area contributed by atoms with Crippen molar-refractivity contribution in [1.29, 1.82) is 0 Å². The molecule has 1 amide bonds. The van der Waals surface area contributed by atoms with Crippen molar-refractivity contribution >= 4 is 17.1 Å². The summed E-state index contributed by atoms with van der Waals surface area (Å²) < 4.78 is 21.1. The molecular weight excluding hydrogens is 375 g/mol. The summed E-state index contributed by atoms with van der Waals surface area (Å²) in [5.74, 6) is -0.159. The molecule has 0 saturated heterocycles. The molecule has 0 bridgehead atoms. The monoisotopic (exact) mass is 392 g/mol. The van der Waals surface area contributed by atoms with Gasteiger partial charge in [0, 0.05) is 23.6 Å². The SMILES string of the molecule is COc1ccc(-c2cc3c(=O)n(CC(=O)Nc4cccc(F)c4)ccn3n2)cc1. The standard InChI is InChI=1S/C21H17FN4O3/c1-29-17-7-5-14(6-8-17)18-12-19-21(28)25(9-10-26(19)24-18)13-20(27)23-16-4-2-3-15(22)11-16/h2-12H,13H2,1H3,(H,23,27). The van der Waals surface area contributed by atoms with Gasteiger partial charge in [0.2, 0.25) is 5.91 Å². The first-order chi connectivity index (χ1) is 14.0. The van der Waals surface area contributed by atoms with Crippen molar-refractivity contribution in [2.75, 3.05) is 12.4 Å². The third-order valence-corrected chi connectivity index (χ3v) is 4.41. The number of carbonyl (C=O) groups is 1. The largest absolute Gasteiger partial charge is 0.497 e. The number of halogens is 1. The van der Waals surface area contributed by atoms with Gasteiger partial charge in [-0.05, 0) is 48.5 Å². The first-order valence-corrected chi connectivity index (χ1v) is 8.82. The molecular formula is C21H17FN4O3. The molecule has 2 aromatic carbocycles. The van der Waals surface area contributed by atoms with Crippen molar-refractivity contribution in [3.63, 3.8) is 0 Å². The number of anilines is 1. The first-order valence-electron chi connectivity index (χ1n) is 8.82. The van der Waals surface area contributed by atoms with Gasteiger partial charge in [0.1, 0.15) is 23.6 Å². The van der Waals surface area contributed by atoms with Gasteiger partial charge in [0.25, 0.3) is 5.56 Å². The van der Waals surface area contributed by atoms with Crippen LogP contribution in [0.3, 0.4) is 0 Å². The molecule has 29 heavy (non-hydrogen) atoms. The van der Waals surface area contributed by atoms with E-state index in [1.54, 1.807) is 25.4 Å². The van der Waals surface area contributed by atoms with Crippen LogP contribution in [0.4, 0.5) is 10.1 Å². The summed E-state index contributed by atoms with van der Waals surface area (Å²) in [6, 6.07) is 14.6. The van der Waals surface area contributed by atoms with Gasteiger partial charge in [0.05, 0.1) is 12.8 Å². The first kappa shape index (κ1) is 18.4. The van der Waals surface area contributed by atoms with E-state index in [1.807, 2.05) is 24.3 Å². The quantitative estimate of drug-likeness (QED) is 0.567. The molecule has 7 nitrogen and oxygen atoms in total. The van der Waals surface area contributed by atoms with Crippen LogP contribution in [0.25, 0.3) is 16.8 Å². The molecule has 0 spiro atoms. The maximum absolute atomic E-state index is 13.2. The molecule has 146 valence electrons. The molecule has 8 heteroatoms. The Kier molecular flexibility index (Phi) is 4.82. The minimum absolute atomic E-state index is 0.200. The lowest BCUT2D eigenvalue weighted by Crippen LogP contribution is -2.28. The highest BCUT2D eigenvalue weighted by Gasteiger charge is 2.12. The summed E-state index contributed by atoms with van der Waals surface area (Å²) in [6.45, 7) is -0.200. The maximum atomic E-state index is 13.2. The Morgan fingerprint density at radius 3 is 2.66 bits per heavy atom. The fourth-order valence-corrected chi connectivity index (χ4v) is 2.98. The molecule has 0 aliphatic rings. The van der Waals surface area contributed by atoms with Crippen LogP contribution in [-0.2, 0) is 11.3 Å². The molecule has 0 atom stereocenters. The molecule has 2 heterocycles. The van der Waals surface area contributed by atoms with E-state index < -0.39 is 11.7 Å². The van der Waals surface area contributed by atoms with Crippen LogP contribution in [0.5, 0.6) is 5.75 Å². The molecule has 4 aromatic rings. The zero-order valence-electron chi connectivity index (χ0n) is 15.5. The Morgan fingerprint density at radius 1 is 1.14 bits per heavy atom. The third-order valence-electron chi connectivity index (χ3n) is 4.41. The van der Waals surface area contributed by atoms with Gasteiger partial charge >= 0.3 is 0 Å². The molecule has 0 radical (unpaired) electrons. The summed E-state index contributed by atoms with van der Waals surface area (Å²) >= 11 is 0. The average Bonchev–Trinajstić information content (AvgIpc) is 3.15. The van der Waals surface area contributed by atoms with E-state index in [9.17, 15) is 14.0 Å². The Bertz CT molecular complexity index is 1250. The summed E-state index contributed by atoms with van der Waals surface area (Å²) in [5.41, 5.74) is 1.79. The number of carbonyl (C=O) groups excluding carboxylic acids is 1. The van der Waals surface area contributed by atoms with Crippen LogP contribution >= 0.6 is 0 Å². The van der Waals surface area contributed by atoms with Gasteiger partial charge in [0.15, 0.2) is 0 Å². The number of nitrogens with zero attached hydrogens (tertiary/aromatic N) is 3. The molecule has 4 rings (SSSR count). The number of ether oxygens (including phenoxy) is 1. The minimum Gasteiger partial charge on any atom is -0.497 e. The van der Waals surface area contributed by atoms with Crippen molar-refractivity contribution in [1.82, 2.24) is 14.2 Å². The van der Waals surface area contributed by atoms with Crippen LogP contribution in [0.15, 0.2) is 71.8 Å². The second-order valence-corrected chi connectivity index (χ2v) is 6.38. The molecule has 0 aliphatic heterocycles. The van der Waals surface area contributed by atoms with Crippen molar-refractivity contribution in [2.24, 2.45) is 0 Å². The van der Waals surface area contributed by atoms with Crippen LogP contribution < -0.4 is 15.6 Å². The molecule has 1 N–H and O–H groups in total. The molecule has 0 saturated carbocycles. The second-order valence-electron chi connectivity index (χ2n) is 6.38. The highest BCUT2D eigenvalue weighted by Crippen LogP contribution is 2.21. The highest BCUT2D eigenvalue weighted by molar-refractivity contribution is 5.90. The lowest BCUT2D eigenvalue weighted by atomic mass is 10.1. The van der Waals surface area contributed by atoms with Crippen molar-refractivity contribution in [3.05, 3.63) is 83.2 Å². The summed E-state index contributed by atoms with van der Waals surface area (Å²) in [7, 11) is 1.59. The number of amides is 1. The van der Waals surface area contributed by atoms with E-state index >= 15 is 0 Å². The molecule has 0 unspecified atom stereocenters. The second kappa shape index (κ2) is 7.59. The van der Waals surface area contributed by atoms with Crippen molar-refractivity contribution in [2.45, 2.75) is 6.54 Å². The van der Waals surface area contributed by atoms with Gasteiger partial charge in [-0.1, -0.05) is 6.07 Å². The Hall–Kier alpha value is -3.94. The number of methoxy groups -OCH3 is 1. The number of rotatable bonds is 5. The normalized spacial score (nSPS) is 10.8. The van der Waals surface area contributed by atoms with E-state index in [2.05, 4.69) is 10.4 Å². The Labute approximate surface area is 165 Å². The number of aromatic nitrogens is 3. The number of hydrogen-bond donors (Lipinski definition) is 1. The van der Waals surface area contributed by atoms with Gasteiger partial charge in [-0.2, -0.15) is 5.10 Å². The van der Waals surface area contributed by atoms with E-state index in [0.29, 0.717) is 16.9 Å². The number of benzene rings is 2. The molecule has 0 fully saturated rings. The topological polar surface area (TPSA) is 77.6 Å². The third kappa shape index (κ3) is 3.86. The number of nitrogens with one attached hydrogen (secondary N) is 1. The van der Waals surface area contributed by atoms with Crippen LogP contribution in [-0.4, -0.2) is 27.2 Å². The van der Waals surface area contributed by atoms with Gasteiger partial charge in [-0.25, -0.2) is 8.91 Å². The predicted molar refractivity (Wildman–Crippen MR) is 106 cm³/mol. The summed E-state index contributed by atoms with van der Waals surface area (Å²) in [5, 5.41) is 6.99. The van der Waals surface area contributed by atoms with E-state index in [1.165, 1.54) is 33.5 Å². The fraction of sp³-hybridized carbons (Fsp3) is 0.0952. The Balaban J connectivity index is 1.58. The smallest absolute Gasteiger partial charge is 0.277 e. The van der Waals surface area contributed by atoms with Crippen LogP contribution in [0, 0.1) is 5.82 Å². The lowest BCUT2D eigenvalue weighted by molar-refractivity contribution is -0.116. The van der Waals surface area contributed by atoms with Gasteiger partial charge in [-0.15, -0.1) is 0 Å². The molecule has 2 aromatic heterocycles. The number of hydrogen-bond acceptors (Lipinski definition) is 4. The summed E-state index contributed by atoms with van der Waals surface area (Å²) in [6.07, 6.45) is 3.10. The number of fused-ring (bicyclic) bond motifs is 1. The highest BCUT2D eigenvalue weighted by atomic mass is 19.1. The van der Waals surface area contributed by atoms with Gasteiger partial charge < -0.3 is 14.6 Å². The van der Waals surface area contributed by atoms with Crippen LogP contribution in [0.2, 0.25) is 0 Å². The average molecular weight is 392 g/mol. The minimum atomic E-state index is -0.452. The van der Waals surface area contributed by atoms with Gasteiger partial charge in [-0.3, -0.25) is 9.59 Å². The van der Waals surface area contributed by atoms with Crippen molar-refractivity contribution in [3.8, 4) is 17.0 Å². The predicted octanol–water partition coefficient (Wildman–Crippen LogP) is 2.95. The van der Waals surface area contributed by atoms with Crippen LogP contribution in [0.1, 0.15) is 0 Å². The van der Waals surface area contributed by atoms with Crippen molar-refractivity contribution < 1.29 is 13.9 Å². The van der Waals surface area contributed by atoms with E-state index in [0.717, 1.165) is 11.3 Å². The Morgan fingerprint density at radius 2 is 1.93 bits per heavy atom. The van der Waals surface area contributed by atoms with E-state index in [-0.39, 0.29) is 12.1 Å².